The van der Waals surface area contributed by atoms with E-state index >= 15 is 0 Å². The topological polar surface area (TPSA) is 24.7 Å². The van der Waals surface area contributed by atoms with E-state index in [1.54, 1.807) is 0 Å². The Kier molecular flexibility index (Phi) is 3.79. The smallest absolute Gasteiger partial charge is 0.286 e. The lowest BCUT2D eigenvalue weighted by molar-refractivity contribution is -0.0595. The van der Waals surface area contributed by atoms with Crippen LogP contribution in [-0.4, -0.2) is 24.6 Å². The summed E-state index contributed by atoms with van der Waals surface area (Å²) in [6, 6.07) is 0. The summed E-state index contributed by atoms with van der Waals surface area (Å²) in [4.78, 5) is 7.31. The Morgan fingerprint density at radius 2 is 1.82 bits per heavy atom. The molecule has 1 aliphatic heterocycles. The van der Waals surface area contributed by atoms with Crippen molar-refractivity contribution >= 4 is 11.9 Å². The first-order valence-electron chi connectivity index (χ1n) is 5.46. The van der Waals surface area contributed by atoms with Gasteiger partial charge in [0.05, 0.1) is 6.54 Å². The van der Waals surface area contributed by atoms with Crippen LogP contribution in [0.2, 0.25) is 0 Å². The lowest BCUT2D eigenvalue weighted by atomic mass is 9.78. The summed E-state index contributed by atoms with van der Waals surface area (Å²) in [7, 11) is 0. The van der Waals surface area contributed by atoms with Crippen molar-refractivity contribution in [2.24, 2.45) is 21.3 Å². The zero-order valence-corrected chi connectivity index (χ0v) is 10.5. The van der Waals surface area contributed by atoms with E-state index < -0.39 is 18.4 Å². The molecule has 1 heterocycles. The molecule has 0 unspecified atom stereocenters. The standard InChI is InChI=1S/C12H17F3N2/c1-8(11(2,3)4)9-5-16-7-10(17-6-9)12(13,14)15/h5-6,8H,7H2,1-4H3/t8-/m1/s1. The zero-order valence-electron chi connectivity index (χ0n) is 10.5. The van der Waals surface area contributed by atoms with Gasteiger partial charge in [-0.3, -0.25) is 9.98 Å². The number of halogens is 3. The van der Waals surface area contributed by atoms with E-state index in [1.165, 1.54) is 12.4 Å². The molecule has 0 saturated heterocycles. The second-order valence-corrected chi connectivity index (χ2v) is 5.26. The normalized spacial score (nSPS) is 19.5. The van der Waals surface area contributed by atoms with Gasteiger partial charge in [0.15, 0.2) is 0 Å². The van der Waals surface area contributed by atoms with Crippen LogP contribution in [0.1, 0.15) is 27.7 Å². The molecule has 0 aromatic heterocycles. The van der Waals surface area contributed by atoms with Crippen LogP contribution in [0.15, 0.2) is 21.8 Å². The fourth-order valence-electron chi connectivity index (χ4n) is 1.35. The molecular weight excluding hydrogens is 229 g/mol. The lowest BCUT2D eigenvalue weighted by Crippen LogP contribution is -2.25. The molecule has 5 heteroatoms. The molecule has 0 radical (unpaired) electrons. The number of rotatable bonds is 1. The highest BCUT2D eigenvalue weighted by Gasteiger charge is 2.35. The predicted molar refractivity (Wildman–Crippen MR) is 63.6 cm³/mol. The van der Waals surface area contributed by atoms with Crippen LogP contribution in [0.25, 0.3) is 0 Å². The molecule has 0 saturated carbocycles. The fraction of sp³-hybridized carbons (Fsp3) is 0.667. The Balaban J connectivity index is 2.99. The van der Waals surface area contributed by atoms with E-state index in [2.05, 4.69) is 9.98 Å². The second kappa shape index (κ2) is 4.63. The van der Waals surface area contributed by atoms with Crippen LogP contribution in [0.3, 0.4) is 0 Å². The van der Waals surface area contributed by atoms with E-state index in [-0.39, 0.29) is 11.3 Å². The van der Waals surface area contributed by atoms with Gasteiger partial charge in [0.25, 0.3) is 0 Å². The summed E-state index contributed by atoms with van der Waals surface area (Å²) < 4.78 is 37.4. The number of alkyl halides is 3. The van der Waals surface area contributed by atoms with Gasteiger partial charge in [-0.05, 0) is 16.9 Å². The molecule has 1 rings (SSSR count). The van der Waals surface area contributed by atoms with Gasteiger partial charge in [0.2, 0.25) is 0 Å². The third-order valence-corrected chi connectivity index (χ3v) is 2.98. The van der Waals surface area contributed by atoms with Gasteiger partial charge in [-0.2, -0.15) is 13.2 Å². The highest BCUT2D eigenvalue weighted by atomic mass is 19.4. The van der Waals surface area contributed by atoms with Crippen molar-refractivity contribution in [2.45, 2.75) is 33.9 Å². The van der Waals surface area contributed by atoms with Crippen molar-refractivity contribution in [3.05, 3.63) is 11.8 Å². The Hall–Kier alpha value is -1.13. The zero-order chi connectivity index (χ0) is 13.3. The molecule has 0 spiro atoms. The van der Waals surface area contributed by atoms with Crippen molar-refractivity contribution in [2.75, 3.05) is 6.54 Å². The van der Waals surface area contributed by atoms with E-state index in [0.29, 0.717) is 0 Å². The van der Waals surface area contributed by atoms with Crippen LogP contribution < -0.4 is 0 Å². The number of hydrogen-bond donors (Lipinski definition) is 0. The molecule has 0 N–H and O–H groups in total. The summed E-state index contributed by atoms with van der Waals surface area (Å²) in [5, 5.41) is 0. The van der Waals surface area contributed by atoms with Crippen molar-refractivity contribution in [3.63, 3.8) is 0 Å². The molecule has 2 nitrogen and oxygen atoms in total. The van der Waals surface area contributed by atoms with E-state index in [1.807, 2.05) is 27.7 Å². The Morgan fingerprint density at radius 1 is 1.24 bits per heavy atom. The van der Waals surface area contributed by atoms with E-state index in [0.717, 1.165) is 5.57 Å². The van der Waals surface area contributed by atoms with Gasteiger partial charge in [-0.1, -0.05) is 27.7 Å². The molecule has 0 fully saturated rings. The number of allylic oxidation sites excluding steroid dienone is 1. The van der Waals surface area contributed by atoms with Gasteiger partial charge in [0.1, 0.15) is 5.71 Å². The average molecular weight is 246 g/mol. The first kappa shape index (κ1) is 13.9. The second-order valence-electron chi connectivity index (χ2n) is 5.26. The molecular formula is C12H17F3N2. The summed E-state index contributed by atoms with van der Waals surface area (Å²) in [6.45, 7) is 7.66. The van der Waals surface area contributed by atoms with E-state index in [9.17, 15) is 13.2 Å². The fourth-order valence-corrected chi connectivity index (χ4v) is 1.35. The Morgan fingerprint density at radius 3 is 2.29 bits per heavy atom. The van der Waals surface area contributed by atoms with Gasteiger partial charge >= 0.3 is 6.18 Å². The van der Waals surface area contributed by atoms with Crippen LogP contribution in [0.5, 0.6) is 0 Å². The van der Waals surface area contributed by atoms with Gasteiger partial charge in [-0.15, -0.1) is 0 Å². The third kappa shape index (κ3) is 3.68. The average Bonchev–Trinajstić information content (AvgIpc) is 2.38. The lowest BCUT2D eigenvalue weighted by Gasteiger charge is -2.27. The maximum absolute atomic E-state index is 12.5. The predicted octanol–water partition coefficient (Wildman–Crippen LogP) is 3.64. The molecule has 0 aromatic carbocycles. The third-order valence-electron chi connectivity index (χ3n) is 2.98. The van der Waals surface area contributed by atoms with Gasteiger partial charge in [-0.25, -0.2) is 0 Å². The summed E-state index contributed by atoms with van der Waals surface area (Å²) in [5.41, 5.74) is -0.141. The van der Waals surface area contributed by atoms with Gasteiger partial charge < -0.3 is 0 Å². The highest BCUT2D eigenvalue weighted by Crippen LogP contribution is 2.31. The highest BCUT2D eigenvalue weighted by molar-refractivity contribution is 5.95. The molecule has 0 amide bonds. The van der Waals surface area contributed by atoms with Crippen LogP contribution in [0, 0.1) is 11.3 Å². The van der Waals surface area contributed by atoms with Crippen molar-refractivity contribution in [1.82, 2.24) is 0 Å². The van der Waals surface area contributed by atoms with Crippen LogP contribution in [0.4, 0.5) is 13.2 Å². The molecule has 0 aromatic rings. The minimum absolute atomic E-state index is 0.0316. The largest absolute Gasteiger partial charge is 0.431 e. The van der Waals surface area contributed by atoms with Crippen molar-refractivity contribution in [1.29, 1.82) is 0 Å². The molecule has 17 heavy (non-hydrogen) atoms. The number of nitrogens with zero attached hydrogens (tertiary/aromatic N) is 2. The quantitative estimate of drug-likeness (QED) is 0.675. The minimum atomic E-state index is -4.39. The maximum atomic E-state index is 12.5. The maximum Gasteiger partial charge on any atom is 0.431 e. The van der Waals surface area contributed by atoms with Crippen LogP contribution in [-0.2, 0) is 0 Å². The summed E-state index contributed by atoms with van der Waals surface area (Å²) >= 11 is 0. The Labute approximate surface area is 99.3 Å². The molecule has 0 bridgehead atoms. The molecule has 96 valence electrons. The van der Waals surface area contributed by atoms with Crippen molar-refractivity contribution in [3.8, 4) is 0 Å². The van der Waals surface area contributed by atoms with Crippen LogP contribution >= 0.6 is 0 Å². The first-order chi connectivity index (χ1) is 7.62. The monoisotopic (exact) mass is 246 g/mol. The molecule has 1 aliphatic rings. The molecule has 1 atom stereocenters. The number of hydrogen-bond acceptors (Lipinski definition) is 2. The number of aliphatic imine (C=N–C) groups is 2. The first-order valence-corrected chi connectivity index (χ1v) is 5.46. The van der Waals surface area contributed by atoms with Crippen molar-refractivity contribution < 1.29 is 13.2 Å². The minimum Gasteiger partial charge on any atom is -0.286 e. The molecule has 0 aliphatic carbocycles. The Bertz CT molecular complexity index is 370. The SMILES string of the molecule is C[C@H](C1=CN=C(C(F)(F)F)CN=C1)C(C)(C)C. The summed E-state index contributed by atoms with van der Waals surface area (Å²) in [5.74, 6) is 0.0996. The summed E-state index contributed by atoms with van der Waals surface area (Å²) in [6.07, 6.45) is -1.61. The van der Waals surface area contributed by atoms with E-state index in [4.69, 9.17) is 0 Å². The van der Waals surface area contributed by atoms with Gasteiger partial charge in [0, 0.05) is 12.4 Å².